The number of thiazole rings is 1. The number of thiophene rings is 1. The second kappa shape index (κ2) is 9.02. The van der Waals surface area contributed by atoms with Crippen molar-refractivity contribution in [1.29, 1.82) is 0 Å². The predicted molar refractivity (Wildman–Crippen MR) is 120 cm³/mol. The largest absolute Gasteiger partial charge is 0.481 e. The highest BCUT2D eigenvalue weighted by atomic mass is 32.2. The van der Waals surface area contributed by atoms with Crippen molar-refractivity contribution < 1.29 is 19.4 Å². The molecule has 0 radical (unpaired) electrons. The summed E-state index contributed by atoms with van der Waals surface area (Å²) in [4.78, 5) is 19.0. The van der Waals surface area contributed by atoms with E-state index in [9.17, 15) is 4.79 Å². The number of aromatic nitrogens is 1. The number of hydrogen-bond donors (Lipinski definition) is 1. The summed E-state index contributed by atoms with van der Waals surface area (Å²) in [6.07, 6.45) is 4.86. The summed E-state index contributed by atoms with van der Waals surface area (Å²) >= 11 is 4.82. The predicted octanol–water partition coefficient (Wildman–Crippen LogP) is 5.33. The Morgan fingerprint density at radius 1 is 1.24 bits per heavy atom. The summed E-state index contributed by atoms with van der Waals surface area (Å²) in [6.45, 7) is 2.38. The third-order valence-electron chi connectivity index (χ3n) is 4.26. The quantitative estimate of drug-likeness (QED) is 0.473. The summed E-state index contributed by atoms with van der Waals surface area (Å²) in [5.74, 6) is 1.61. The number of thioether (sulfide) groups is 1. The number of carboxylic acid groups (broad SMARTS) is 1. The second-order valence-corrected chi connectivity index (χ2v) is 9.82. The number of ether oxygens (including phenoxy) is 2. The minimum atomic E-state index is -0.777. The van der Waals surface area contributed by atoms with E-state index in [1.165, 1.54) is 26.4 Å². The summed E-state index contributed by atoms with van der Waals surface area (Å²) in [5, 5.41) is 9.64. The fourth-order valence-electron chi connectivity index (χ4n) is 2.87. The lowest BCUT2D eigenvalue weighted by Crippen LogP contribution is -1.97. The van der Waals surface area contributed by atoms with E-state index < -0.39 is 5.97 Å². The molecule has 3 aromatic rings. The molecular weight excluding hydrogens is 426 g/mol. The van der Waals surface area contributed by atoms with Crippen LogP contribution in [0.5, 0.6) is 11.5 Å². The van der Waals surface area contributed by atoms with Gasteiger partial charge in [0.05, 0.1) is 11.4 Å². The van der Waals surface area contributed by atoms with Crippen LogP contribution in [0.1, 0.15) is 20.3 Å². The minimum absolute atomic E-state index is 0.134. The topological polar surface area (TPSA) is 68.7 Å². The van der Waals surface area contributed by atoms with Crippen molar-refractivity contribution >= 4 is 46.5 Å². The van der Waals surface area contributed by atoms with Gasteiger partial charge in [0.25, 0.3) is 0 Å². The van der Waals surface area contributed by atoms with Crippen LogP contribution in [0.25, 0.3) is 16.6 Å². The lowest BCUT2D eigenvalue weighted by Gasteiger charge is -1.99. The lowest BCUT2D eigenvalue weighted by molar-refractivity contribution is -0.133. The van der Waals surface area contributed by atoms with E-state index in [4.69, 9.17) is 19.6 Å². The fourth-order valence-corrected chi connectivity index (χ4v) is 5.27. The number of carboxylic acids is 1. The van der Waals surface area contributed by atoms with Crippen molar-refractivity contribution in [2.75, 3.05) is 18.3 Å². The summed E-state index contributed by atoms with van der Waals surface area (Å²) in [7, 11) is 0. The zero-order chi connectivity index (χ0) is 20.2. The molecule has 29 heavy (non-hydrogen) atoms. The Hall–Kier alpha value is -2.29. The SMILES string of the molecule is Cc1sc(-c2ccc3c(c2)OCO3)nc1Cc1ccc(/C=C/CSCC(=O)O)s1. The van der Waals surface area contributed by atoms with E-state index in [2.05, 4.69) is 25.1 Å². The van der Waals surface area contributed by atoms with Crippen LogP contribution >= 0.6 is 34.4 Å². The molecule has 0 saturated carbocycles. The van der Waals surface area contributed by atoms with Crippen LogP contribution in [0.2, 0.25) is 0 Å². The number of carbonyl (C=O) groups is 1. The molecule has 1 aromatic carbocycles. The Morgan fingerprint density at radius 3 is 2.97 bits per heavy atom. The number of aryl methyl sites for hydroxylation is 1. The zero-order valence-electron chi connectivity index (χ0n) is 15.7. The smallest absolute Gasteiger partial charge is 0.313 e. The van der Waals surface area contributed by atoms with Crippen molar-refractivity contribution in [3.8, 4) is 22.1 Å². The monoisotopic (exact) mass is 445 g/mol. The van der Waals surface area contributed by atoms with E-state index in [0.29, 0.717) is 5.75 Å². The molecule has 8 heteroatoms. The van der Waals surface area contributed by atoms with Crippen LogP contribution in [0.3, 0.4) is 0 Å². The van der Waals surface area contributed by atoms with Gasteiger partial charge in [-0.2, -0.15) is 0 Å². The Morgan fingerprint density at radius 2 is 2.10 bits per heavy atom. The van der Waals surface area contributed by atoms with Gasteiger partial charge in [-0.1, -0.05) is 6.08 Å². The van der Waals surface area contributed by atoms with E-state index in [0.717, 1.165) is 34.2 Å². The highest BCUT2D eigenvalue weighted by molar-refractivity contribution is 8.00. The van der Waals surface area contributed by atoms with Crippen LogP contribution in [-0.4, -0.2) is 34.4 Å². The first-order valence-electron chi connectivity index (χ1n) is 8.99. The van der Waals surface area contributed by atoms with Crippen LogP contribution in [0.15, 0.2) is 36.4 Å². The van der Waals surface area contributed by atoms with Gasteiger partial charge in [-0.3, -0.25) is 4.79 Å². The van der Waals surface area contributed by atoms with Gasteiger partial charge in [-0.25, -0.2) is 4.98 Å². The zero-order valence-corrected chi connectivity index (χ0v) is 18.2. The Bertz CT molecular complexity index is 1050. The molecule has 150 valence electrons. The maximum atomic E-state index is 10.5. The first-order chi connectivity index (χ1) is 14.1. The lowest BCUT2D eigenvalue weighted by atomic mass is 10.2. The van der Waals surface area contributed by atoms with Crippen molar-refractivity contribution in [2.45, 2.75) is 13.3 Å². The molecule has 2 aromatic heterocycles. The number of nitrogens with zero attached hydrogens (tertiary/aromatic N) is 1. The van der Waals surface area contributed by atoms with Crippen molar-refractivity contribution in [1.82, 2.24) is 4.98 Å². The van der Waals surface area contributed by atoms with Gasteiger partial charge >= 0.3 is 5.97 Å². The molecule has 0 unspecified atom stereocenters. The van der Waals surface area contributed by atoms with Crippen LogP contribution in [-0.2, 0) is 11.2 Å². The summed E-state index contributed by atoms with van der Waals surface area (Å²) in [6, 6.07) is 10.2. The highest BCUT2D eigenvalue weighted by Gasteiger charge is 2.16. The van der Waals surface area contributed by atoms with Crippen molar-refractivity contribution in [3.05, 3.63) is 56.7 Å². The van der Waals surface area contributed by atoms with Crippen LogP contribution < -0.4 is 9.47 Å². The maximum Gasteiger partial charge on any atom is 0.313 e. The van der Waals surface area contributed by atoms with E-state index in [1.807, 2.05) is 24.3 Å². The molecular formula is C21H19NO4S3. The van der Waals surface area contributed by atoms with Gasteiger partial charge in [0.2, 0.25) is 6.79 Å². The average molecular weight is 446 g/mol. The molecule has 3 heterocycles. The highest BCUT2D eigenvalue weighted by Crippen LogP contribution is 2.38. The molecule has 0 amide bonds. The van der Waals surface area contributed by atoms with E-state index >= 15 is 0 Å². The van der Waals surface area contributed by atoms with Crippen LogP contribution in [0.4, 0.5) is 0 Å². The first kappa shape index (κ1) is 20.0. The molecule has 1 N–H and O–H groups in total. The molecule has 1 aliphatic rings. The van der Waals surface area contributed by atoms with E-state index in [-0.39, 0.29) is 12.5 Å². The summed E-state index contributed by atoms with van der Waals surface area (Å²) in [5.41, 5.74) is 2.14. The molecule has 0 saturated heterocycles. The molecule has 5 nitrogen and oxygen atoms in total. The molecule has 0 atom stereocenters. The second-order valence-electron chi connectivity index (χ2n) is 6.38. The maximum absolute atomic E-state index is 10.5. The molecule has 0 bridgehead atoms. The number of benzene rings is 1. The van der Waals surface area contributed by atoms with Gasteiger partial charge in [-0.05, 0) is 43.3 Å². The van der Waals surface area contributed by atoms with E-state index in [1.54, 1.807) is 22.7 Å². The molecule has 1 aliphatic heterocycles. The number of aliphatic carboxylic acids is 1. The third kappa shape index (κ3) is 5.01. The molecule has 0 spiro atoms. The Kier molecular flexibility index (Phi) is 6.22. The molecule has 0 fully saturated rings. The van der Waals surface area contributed by atoms with Crippen LogP contribution in [0, 0.1) is 6.92 Å². The molecule has 4 rings (SSSR count). The van der Waals surface area contributed by atoms with Crippen molar-refractivity contribution in [2.24, 2.45) is 0 Å². The minimum Gasteiger partial charge on any atom is -0.481 e. The van der Waals surface area contributed by atoms with Gasteiger partial charge in [0, 0.05) is 32.4 Å². The average Bonchev–Trinajstić information content (AvgIpc) is 3.41. The number of rotatable bonds is 8. The summed E-state index contributed by atoms with van der Waals surface area (Å²) < 4.78 is 10.9. The fraction of sp³-hybridized carbons (Fsp3) is 0.238. The van der Waals surface area contributed by atoms with Gasteiger partial charge < -0.3 is 14.6 Å². The standard InChI is InChI=1S/C21H19NO4S3/c1-13-17(10-16-6-5-15(29-16)3-2-8-27-11-20(23)24)22-21(28-13)14-4-7-18-19(9-14)26-12-25-18/h2-7,9H,8,10-12H2,1H3,(H,23,24)/b3-2+. The normalized spacial score (nSPS) is 12.7. The number of hydrogen-bond acceptors (Lipinski definition) is 7. The van der Waals surface area contributed by atoms with Gasteiger partial charge in [0.1, 0.15) is 5.01 Å². The number of fused-ring (bicyclic) bond motifs is 1. The first-order valence-corrected chi connectivity index (χ1v) is 11.8. The van der Waals surface area contributed by atoms with Crippen molar-refractivity contribution in [3.63, 3.8) is 0 Å². The third-order valence-corrected chi connectivity index (χ3v) is 7.25. The van der Waals surface area contributed by atoms with Gasteiger partial charge in [0.15, 0.2) is 11.5 Å². The Labute approximate surface area is 181 Å². The Balaban J connectivity index is 1.41. The molecule has 0 aliphatic carbocycles. The van der Waals surface area contributed by atoms with Gasteiger partial charge in [-0.15, -0.1) is 34.4 Å².